The molecule has 0 amide bonds. The summed E-state index contributed by atoms with van der Waals surface area (Å²) in [5, 5.41) is 16.2. The normalized spacial score (nSPS) is 16.9. The summed E-state index contributed by atoms with van der Waals surface area (Å²) in [5.74, 6) is 0.227. The van der Waals surface area contributed by atoms with Crippen LogP contribution < -0.4 is 0 Å². The van der Waals surface area contributed by atoms with Crippen molar-refractivity contribution in [1.29, 1.82) is 5.41 Å². The van der Waals surface area contributed by atoms with Crippen LogP contribution in [0.4, 0.5) is 0 Å². The molecule has 0 aromatic rings. The van der Waals surface area contributed by atoms with Gasteiger partial charge in [-0.2, -0.15) is 0 Å². The third-order valence-electron chi connectivity index (χ3n) is 1.59. The van der Waals surface area contributed by atoms with Gasteiger partial charge in [0.05, 0.1) is 6.10 Å². The van der Waals surface area contributed by atoms with Crippen molar-refractivity contribution in [2.24, 2.45) is 5.92 Å². The summed E-state index contributed by atoms with van der Waals surface area (Å²) in [6.45, 7) is 5.60. The molecule has 0 radical (unpaired) electrons. The second-order valence-electron chi connectivity index (χ2n) is 2.44. The van der Waals surface area contributed by atoms with E-state index in [0.717, 1.165) is 6.42 Å². The maximum absolute atomic E-state index is 8.90. The maximum Gasteiger partial charge on any atom is 0.0888 e. The minimum absolute atomic E-state index is 0.227. The number of hydrogen-bond donors (Lipinski definition) is 2. The summed E-state index contributed by atoms with van der Waals surface area (Å²) in [5.41, 5.74) is 0.442. The fourth-order valence-electron chi connectivity index (χ4n) is 0.632. The number of hydrogen-bond acceptors (Lipinski definition) is 2. The molecule has 1 unspecified atom stereocenters. The summed E-state index contributed by atoms with van der Waals surface area (Å²) in [6.07, 6.45) is 0.365. The van der Waals surface area contributed by atoms with Crippen molar-refractivity contribution in [3.63, 3.8) is 0 Å². The van der Waals surface area contributed by atoms with E-state index in [1.807, 2.05) is 13.8 Å². The van der Waals surface area contributed by atoms with Crippen molar-refractivity contribution in [2.45, 2.75) is 33.3 Å². The molecule has 2 N–H and O–H groups in total. The Morgan fingerprint density at radius 1 is 1.56 bits per heavy atom. The Labute approximate surface area is 56.4 Å². The van der Waals surface area contributed by atoms with E-state index in [1.165, 1.54) is 0 Å². The highest BCUT2D eigenvalue weighted by Crippen LogP contribution is 2.04. The molecule has 2 heteroatoms. The lowest BCUT2D eigenvalue weighted by molar-refractivity contribution is 0.254. The van der Waals surface area contributed by atoms with Crippen LogP contribution in [0.1, 0.15) is 27.2 Å². The van der Waals surface area contributed by atoms with Gasteiger partial charge in [0.2, 0.25) is 0 Å². The van der Waals surface area contributed by atoms with Crippen molar-refractivity contribution < 1.29 is 5.11 Å². The van der Waals surface area contributed by atoms with Gasteiger partial charge >= 0.3 is 0 Å². The van der Waals surface area contributed by atoms with E-state index in [2.05, 4.69) is 0 Å². The molecule has 0 aromatic heterocycles. The molecule has 0 fully saturated rings. The first-order valence-corrected chi connectivity index (χ1v) is 3.36. The van der Waals surface area contributed by atoms with Crippen LogP contribution in [0.15, 0.2) is 0 Å². The predicted molar refractivity (Wildman–Crippen MR) is 38.9 cm³/mol. The van der Waals surface area contributed by atoms with Crippen molar-refractivity contribution in [3.8, 4) is 0 Å². The smallest absolute Gasteiger partial charge is 0.0888 e. The minimum Gasteiger partial charge on any atom is -0.387 e. The Morgan fingerprint density at radius 2 is 2.00 bits per heavy atom. The molecule has 54 valence electrons. The Kier molecular flexibility index (Phi) is 3.47. The minimum atomic E-state index is -0.569. The van der Waals surface area contributed by atoms with Crippen LogP contribution in [0, 0.1) is 11.3 Å². The van der Waals surface area contributed by atoms with Gasteiger partial charge in [-0.05, 0) is 19.3 Å². The lowest BCUT2D eigenvalue weighted by atomic mass is 9.99. The number of rotatable bonds is 3. The summed E-state index contributed by atoms with van der Waals surface area (Å²) < 4.78 is 0. The van der Waals surface area contributed by atoms with E-state index < -0.39 is 6.10 Å². The topological polar surface area (TPSA) is 44.1 Å². The zero-order valence-electron chi connectivity index (χ0n) is 6.31. The van der Waals surface area contributed by atoms with Crippen LogP contribution in [-0.2, 0) is 0 Å². The average Bonchev–Trinajstić information content (AvgIpc) is 1.84. The first-order chi connectivity index (χ1) is 4.09. The molecule has 0 heterocycles. The quantitative estimate of drug-likeness (QED) is 0.556. The zero-order chi connectivity index (χ0) is 7.44. The van der Waals surface area contributed by atoms with Gasteiger partial charge in [0, 0.05) is 5.71 Å². The van der Waals surface area contributed by atoms with E-state index in [1.54, 1.807) is 6.92 Å². The number of aliphatic hydroxyl groups excluding tert-OH is 1. The van der Waals surface area contributed by atoms with E-state index in [-0.39, 0.29) is 5.92 Å². The second kappa shape index (κ2) is 3.62. The Balaban J connectivity index is 3.73. The highest BCUT2D eigenvalue weighted by atomic mass is 16.3. The molecule has 0 aliphatic heterocycles. The molecule has 0 spiro atoms. The molecule has 0 rings (SSSR count). The van der Waals surface area contributed by atoms with E-state index in [4.69, 9.17) is 10.5 Å². The van der Waals surface area contributed by atoms with Crippen molar-refractivity contribution in [3.05, 3.63) is 0 Å². The van der Waals surface area contributed by atoms with Gasteiger partial charge in [-0.15, -0.1) is 0 Å². The van der Waals surface area contributed by atoms with Gasteiger partial charge in [0.1, 0.15) is 0 Å². The molecule has 0 aliphatic rings. The molecular formula is C7H15NO. The SMILES string of the molecule is CC[C@H](C)C(=N)C(C)O. The molecular weight excluding hydrogens is 114 g/mol. The van der Waals surface area contributed by atoms with Crippen LogP contribution in [0.5, 0.6) is 0 Å². The first-order valence-electron chi connectivity index (χ1n) is 3.36. The van der Waals surface area contributed by atoms with Crippen LogP contribution in [0.3, 0.4) is 0 Å². The highest BCUT2D eigenvalue weighted by molar-refractivity contribution is 5.87. The molecule has 0 aromatic carbocycles. The largest absolute Gasteiger partial charge is 0.387 e. The summed E-state index contributed by atoms with van der Waals surface area (Å²) >= 11 is 0. The monoisotopic (exact) mass is 129 g/mol. The van der Waals surface area contributed by atoms with Crippen LogP contribution >= 0.6 is 0 Å². The molecule has 9 heavy (non-hydrogen) atoms. The van der Waals surface area contributed by atoms with Gasteiger partial charge in [-0.1, -0.05) is 13.8 Å². The predicted octanol–water partition coefficient (Wildman–Crippen LogP) is 1.43. The van der Waals surface area contributed by atoms with E-state index in [9.17, 15) is 0 Å². The lowest BCUT2D eigenvalue weighted by Crippen LogP contribution is -2.21. The fourth-order valence-corrected chi connectivity index (χ4v) is 0.632. The number of aliphatic hydroxyl groups is 1. The molecule has 2 nitrogen and oxygen atoms in total. The number of nitrogens with one attached hydrogen (secondary N) is 1. The highest BCUT2D eigenvalue weighted by Gasteiger charge is 2.10. The van der Waals surface area contributed by atoms with Crippen LogP contribution in [0.2, 0.25) is 0 Å². The Bertz CT molecular complexity index is 99.1. The van der Waals surface area contributed by atoms with E-state index in [0.29, 0.717) is 5.71 Å². The maximum atomic E-state index is 8.90. The van der Waals surface area contributed by atoms with Crippen molar-refractivity contribution >= 4 is 5.71 Å². The molecule has 0 saturated carbocycles. The summed E-state index contributed by atoms with van der Waals surface area (Å²) in [6, 6.07) is 0. The van der Waals surface area contributed by atoms with Crippen molar-refractivity contribution in [1.82, 2.24) is 0 Å². The second-order valence-corrected chi connectivity index (χ2v) is 2.44. The van der Waals surface area contributed by atoms with Crippen LogP contribution in [-0.4, -0.2) is 16.9 Å². The van der Waals surface area contributed by atoms with E-state index >= 15 is 0 Å². The third-order valence-corrected chi connectivity index (χ3v) is 1.59. The fraction of sp³-hybridized carbons (Fsp3) is 0.857. The van der Waals surface area contributed by atoms with Crippen LogP contribution in [0.25, 0.3) is 0 Å². The Hall–Kier alpha value is -0.370. The average molecular weight is 129 g/mol. The zero-order valence-corrected chi connectivity index (χ0v) is 6.31. The summed E-state index contributed by atoms with van der Waals surface area (Å²) in [7, 11) is 0. The molecule has 0 saturated heterocycles. The Morgan fingerprint density at radius 3 is 2.11 bits per heavy atom. The molecule has 2 atom stereocenters. The van der Waals surface area contributed by atoms with Gasteiger partial charge < -0.3 is 10.5 Å². The standard InChI is InChI=1S/C7H15NO/c1-4-5(2)7(8)6(3)9/h5-6,8-9H,4H2,1-3H3/t5-,6?/m0/s1. The van der Waals surface area contributed by atoms with Gasteiger partial charge in [0.15, 0.2) is 0 Å². The van der Waals surface area contributed by atoms with Gasteiger partial charge in [0.25, 0.3) is 0 Å². The molecule has 0 bridgehead atoms. The third kappa shape index (κ3) is 2.61. The lowest BCUT2D eigenvalue weighted by Gasteiger charge is -2.11. The first kappa shape index (κ1) is 8.63. The molecule has 0 aliphatic carbocycles. The van der Waals surface area contributed by atoms with Gasteiger partial charge in [-0.25, -0.2) is 0 Å². The summed E-state index contributed by atoms with van der Waals surface area (Å²) in [4.78, 5) is 0. The van der Waals surface area contributed by atoms with Crippen molar-refractivity contribution in [2.75, 3.05) is 0 Å². The van der Waals surface area contributed by atoms with Gasteiger partial charge in [-0.3, -0.25) is 0 Å².